The van der Waals surface area contributed by atoms with Crippen LogP contribution in [0.15, 0.2) is 47.1 Å². The molecule has 0 saturated carbocycles. The maximum atomic E-state index is 5.51. The topological polar surface area (TPSA) is 38.9 Å². The fourth-order valence-corrected chi connectivity index (χ4v) is 1.98. The highest BCUT2D eigenvalue weighted by Crippen LogP contribution is 2.22. The van der Waals surface area contributed by atoms with Crippen LogP contribution in [0.4, 0.5) is 0 Å². The highest BCUT2D eigenvalue weighted by Gasteiger charge is 2.00. The Labute approximate surface area is 110 Å². The van der Waals surface area contributed by atoms with Gasteiger partial charge in [0.1, 0.15) is 0 Å². The number of nitrogens with two attached hydrogens (primary N) is 1. The lowest BCUT2D eigenvalue weighted by Crippen LogP contribution is -2.01. The zero-order chi connectivity index (χ0) is 12.1. The third-order valence-corrected chi connectivity index (χ3v) is 3.16. The molecule has 0 atom stereocenters. The van der Waals surface area contributed by atoms with Crippen LogP contribution in [0.1, 0.15) is 12.1 Å². The van der Waals surface area contributed by atoms with E-state index in [9.17, 15) is 0 Å². The van der Waals surface area contributed by atoms with Crippen molar-refractivity contribution in [2.75, 3.05) is 6.54 Å². The molecular weight excluding hydrogens is 276 g/mol. The van der Waals surface area contributed by atoms with E-state index in [4.69, 9.17) is 5.73 Å². The van der Waals surface area contributed by atoms with Gasteiger partial charge in [-0.25, -0.2) is 0 Å². The number of hydrogen-bond acceptors (Lipinski definition) is 2. The largest absolute Gasteiger partial charge is 0.330 e. The van der Waals surface area contributed by atoms with E-state index in [-0.39, 0.29) is 0 Å². The van der Waals surface area contributed by atoms with E-state index in [0.717, 1.165) is 23.0 Å². The van der Waals surface area contributed by atoms with Crippen molar-refractivity contribution in [3.63, 3.8) is 0 Å². The monoisotopic (exact) mass is 290 g/mol. The summed E-state index contributed by atoms with van der Waals surface area (Å²) < 4.78 is 1.10. The maximum absolute atomic E-state index is 5.51. The number of nitrogens with zero attached hydrogens (tertiary/aromatic N) is 1. The van der Waals surface area contributed by atoms with Gasteiger partial charge in [-0.1, -0.05) is 28.1 Å². The Bertz CT molecular complexity index is 480. The number of aryl methyl sites for hydroxylation is 1. The fourth-order valence-electron chi connectivity index (χ4n) is 1.72. The van der Waals surface area contributed by atoms with Gasteiger partial charge < -0.3 is 5.73 Å². The van der Waals surface area contributed by atoms with E-state index < -0.39 is 0 Å². The summed E-state index contributed by atoms with van der Waals surface area (Å²) in [5.41, 5.74) is 9.04. The molecule has 0 amide bonds. The molecule has 2 aromatic rings. The van der Waals surface area contributed by atoms with Gasteiger partial charge in [-0.3, -0.25) is 4.98 Å². The molecule has 2 rings (SSSR count). The summed E-state index contributed by atoms with van der Waals surface area (Å²) in [6.45, 7) is 0.712. The molecule has 0 aliphatic heterocycles. The van der Waals surface area contributed by atoms with Crippen LogP contribution in [-0.2, 0) is 6.42 Å². The first-order chi connectivity index (χ1) is 8.29. The Hall–Kier alpha value is -1.19. The molecule has 0 saturated heterocycles. The summed E-state index contributed by atoms with van der Waals surface area (Å²) in [6, 6.07) is 12.5. The molecule has 3 heteroatoms. The molecule has 88 valence electrons. The minimum absolute atomic E-state index is 0.712. The van der Waals surface area contributed by atoms with Crippen molar-refractivity contribution in [2.24, 2.45) is 5.73 Å². The van der Waals surface area contributed by atoms with Crippen molar-refractivity contribution in [3.05, 3.63) is 52.8 Å². The van der Waals surface area contributed by atoms with Crippen LogP contribution < -0.4 is 5.73 Å². The van der Waals surface area contributed by atoms with Crippen LogP contribution in [0.3, 0.4) is 0 Å². The predicted molar refractivity (Wildman–Crippen MR) is 74.7 cm³/mol. The number of benzene rings is 1. The van der Waals surface area contributed by atoms with Gasteiger partial charge >= 0.3 is 0 Å². The molecule has 0 aliphatic rings. The van der Waals surface area contributed by atoms with Gasteiger partial charge in [0, 0.05) is 16.4 Å². The van der Waals surface area contributed by atoms with Crippen LogP contribution in [0.5, 0.6) is 0 Å². The van der Waals surface area contributed by atoms with Gasteiger partial charge in [0.15, 0.2) is 0 Å². The minimum atomic E-state index is 0.712. The van der Waals surface area contributed by atoms with Gasteiger partial charge in [-0.2, -0.15) is 0 Å². The number of aromatic nitrogens is 1. The molecule has 2 nitrogen and oxygen atoms in total. The predicted octanol–water partition coefficient (Wildman–Crippen LogP) is 3.40. The van der Waals surface area contributed by atoms with Crippen LogP contribution in [-0.4, -0.2) is 11.5 Å². The molecule has 2 N–H and O–H groups in total. The molecule has 1 heterocycles. The Kier molecular flexibility index (Phi) is 4.29. The van der Waals surface area contributed by atoms with Crippen molar-refractivity contribution < 1.29 is 0 Å². The second-order valence-electron chi connectivity index (χ2n) is 3.93. The van der Waals surface area contributed by atoms with E-state index in [0.29, 0.717) is 6.54 Å². The van der Waals surface area contributed by atoms with Crippen molar-refractivity contribution in [1.82, 2.24) is 4.98 Å². The zero-order valence-corrected chi connectivity index (χ0v) is 11.2. The van der Waals surface area contributed by atoms with Gasteiger partial charge in [0.25, 0.3) is 0 Å². The van der Waals surface area contributed by atoms with Crippen LogP contribution in [0.2, 0.25) is 0 Å². The average molecular weight is 291 g/mol. The number of pyridine rings is 1. The second kappa shape index (κ2) is 5.94. The quantitative estimate of drug-likeness (QED) is 0.937. The molecule has 0 spiro atoms. The van der Waals surface area contributed by atoms with Crippen molar-refractivity contribution >= 4 is 15.9 Å². The zero-order valence-electron chi connectivity index (χ0n) is 9.57. The van der Waals surface area contributed by atoms with E-state index in [1.165, 1.54) is 11.1 Å². The molecule has 1 aromatic heterocycles. The lowest BCUT2D eigenvalue weighted by Gasteiger charge is -2.04. The van der Waals surface area contributed by atoms with E-state index in [1.807, 2.05) is 12.3 Å². The summed E-state index contributed by atoms with van der Waals surface area (Å²) in [6.07, 6.45) is 3.79. The third-order valence-electron chi connectivity index (χ3n) is 2.63. The molecule has 17 heavy (non-hydrogen) atoms. The molecule has 0 fully saturated rings. The van der Waals surface area contributed by atoms with Crippen LogP contribution >= 0.6 is 15.9 Å². The first-order valence-corrected chi connectivity index (χ1v) is 6.50. The van der Waals surface area contributed by atoms with Gasteiger partial charge in [0.05, 0.1) is 0 Å². The Morgan fingerprint density at radius 3 is 2.53 bits per heavy atom. The number of rotatable bonds is 4. The molecule has 0 bridgehead atoms. The minimum Gasteiger partial charge on any atom is -0.330 e. The van der Waals surface area contributed by atoms with E-state index >= 15 is 0 Å². The summed E-state index contributed by atoms with van der Waals surface area (Å²) >= 11 is 3.44. The van der Waals surface area contributed by atoms with Gasteiger partial charge in [-0.05, 0) is 54.8 Å². The Morgan fingerprint density at radius 1 is 1.06 bits per heavy atom. The van der Waals surface area contributed by atoms with Crippen molar-refractivity contribution in [3.8, 4) is 11.1 Å². The number of halogens is 1. The lowest BCUT2D eigenvalue weighted by molar-refractivity contribution is 0.811. The molecule has 0 unspecified atom stereocenters. The second-order valence-corrected chi connectivity index (χ2v) is 4.85. The molecular formula is C14H15BrN2. The van der Waals surface area contributed by atoms with Crippen LogP contribution in [0, 0.1) is 0 Å². The Balaban J connectivity index is 2.23. The third kappa shape index (κ3) is 3.38. The highest BCUT2D eigenvalue weighted by molar-refractivity contribution is 9.10. The summed E-state index contributed by atoms with van der Waals surface area (Å²) in [7, 11) is 0. The van der Waals surface area contributed by atoms with Gasteiger partial charge in [-0.15, -0.1) is 0 Å². The maximum Gasteiger partial charge on any atom is 0.0410 e. The van der Waals surface area contributed by atoms with Crippen molar-refractivity contribution in [2.45, 2.75) is 12.8 Å². The first kappa shape index (κ1) is 12.3. The lowest BCUT2D eigenvalue weighted by atomic mass is 10.1. The SMILES string of the molecule is NCCCc1cc(-c2ccc(Br)cc2)ccn1. The van der Waals surface area contributed by atoms with Crippen molar-refractivity contribution in [1.29, 1.82) is 0 Å². The van der Waals surface area contributed by atoms with E-state index in [2.05, 4.69) is 51.2 Å². The summed E-state index contributed by atoms with van der Waals surface area (Å²) in [5.74, 6) is 0. The number of hydrogen-bond donors (Lipinski definition) is 1. The average Bonchev–Trinajstić information content (AvgIpc) is 2.37. The molecule has 0 radical (unpaired) electrons. The smallest absolute Gasteiger partial charge is 0.0410 e. The standard InChI is InChI=1S/C14H15BrN2/c15-13-5-3-11(4-6-13)12-7-9-17-14(10-12)2-1-8-16/h3-7,9-10H,1-2,8,16H2. The van der Waals surface area contributed by atoms with E-state index in [1.54, 1.807) is 0 Å². The molecule has 1 aromatic carbocycles. The Morgan fingerprint density at radius 2 is 1.82 bits per heavy atom. The summed E-state index contributed by atoms with van der Waals surface area (Å²) in [4.78, 5) is 4.36. The normalized spacial score (nSPS) is 10.5. The molecule has 0 aliphatic carbocycles. The highest BCUT2D eigenvalue weighted by atomic mass is 79.9. The fraction of sp³-hybridized carbons (Fsp3) is 0.214. The first-order valence-electron chi connectivity index (χ1n) is 5.70. The van der Waals surface area contributed by atoms with Crippen LogP contribution in [0.25, 0.3) is 11.1 Å². The van der Waals surface area contributed by atoms with Gasteiger partial charge in [0.2, 0.25) is 0 Å². The summed E-state index contributed by atoms with van der Waals surface area (Å²) in [5, 5.41) is 0.